The minimum Gasteiger partial charge on any atom is -0.381 e. The Morgan fingerprint density at radius 1 is 1.05 bits per heavy atom. The van der Waals surface area contributed by atoms with Crippen LogP contribution in [0.5, 0.6) is 0 Å². The molecule has 0 aliphatic carbocycles. The Morgan fingerprint density at radius 2 is 1.81 bits per heavy atom. The third kappa shape index (κ3) is 3.09. The molecule has 0 saturated carbocycles. The van der Waals surface area contributed by atoms with Crippen LogP contribution in [0.4, 0.5) is 10.1 Å². The second kappa shape index (κ2) is 5.88. The lowest BCUT2D eigenvalue weighted by Gasteiger charge is -2.10. The normalized spacial score (nSPS) is 10.8. The van der Waals surface area contributed by atoms with Crippen molar-refractivity contribution in [1.29, 1.82) is 0 Å². The number of nitrogens with zero attached hydrogens (tertiary/aromatic N) is 1. The Balaban J connectivity index is 1.92. The van der Waals surface area contributed by atoms with E-state index >= 15 is 0 Å². The van der Waals surface area contributed by atoms with Gasteiger partial charge in [-0.15, -0.1) is 0 Å². The van der Waals surface area contributed by atoms with Gasteiger partial charge in [-0.05, 0) is 48.0 Å². The predicted octanol–water partition coefficient (Wildman–Crippen LogP) is 5.29. The molecule has 106 valence electrons. The van der Waals surface area contributed by atoms with Gasteiger partial charge >= 0.3 is 0 Å². The molecular weight excluding hydrogens is 310 g/mol. The van der Waals surface area contributed by atoms with Crippen LogP contribution in [-0.2, 0) is 6.54 Å². The number of hydrogen-bond acceptors (Lipinski definition) is 2. The number of hydrogen-bond donors (Lipinski definition) is 1. The van der Waals surface area contributed by atoms with E-state index in [0.717, 1.165) is 22.2 Å². The lowest BCUT2D eigenvalue weighted by Crippen LogP contribution is -2.01. The Bertz CT molecular complexity index is 788. The molecule has 0 saturated heterocycles. The van der Waals surface area contributed by atoms with E-state index in [1.165, 1.54) is 12.1 Å². The van der Waals surface area contributed by atoms with E-state index in [1.807, 2.05) is 6.07 Å². The fourth-order valence-corrected chi connectivity index (χ4v) is 2.79. The van der Waals surface area contributed by atoms with E-state index in [0.29, 0.717) is 16.6 Å². The van der Waals surface area contributed by atoms with Crippen molar-refractivity contribution in [3.05, 3.63) is 70.1 Å². The van der Waals surface area contributed by atoms with Crippen molar-refractivity contribution in [3.8, 4) is 0 Å². The number of aromatic nitrogens is 1. The number of pyridine rings is 1. The first-order chi connectivity index (χ1) is 10.1. The third-order valence-corrected chi connectivity index (χ3v) is 3.69. The second-order valence-corrected chi connectivity index (χ2v) is 5.46. The van der Waals surface area contributed by atoms with Crippen LogP contribution in [0.15, 0.2) is 48.7 Å². The molecule has 5 heteroatoms. The average molecular weight is 321 g/mol. The van der Waals surface area contributed by atoms with Crippen molar-refractivity contribution in [2.45, 2.75) is 6.54 Å². The van der Waals surface area contributed by atoms with Crippen LogP contribution >= 0.6 is 23.2 Å². The highest BCUT2D eigenvalue weighted by atomic mass is 35.5. The number of halogens is 3. The number of anilines is 1. The number of rotatable bonds is 3. The molecule has 3 aromatic rings. The first kappa shape index (κ1) is 14.1. The maximum Gasteiger partial charge on any atom is 0.123 e. The summed E-state index contributed by atoms with van der Waals surface area (Å²) in [6.07, 6.45) is 1.72. The average Bonchev–Trinajstić information content (AvgIpc) is 2.46. The summed E-state index contributed by atoms with van der Waals surface area (Å²) in [5.74, 6) is -0.257. The molecule has 0 spiro atoms. The van der Waals surface area contributed by atoms with Crippen LogP contribution in [0.2, 0.25) is 10.0 Å². The molecule has 1 aromatic heterocycles. The third-order valence-electron chi connectivity index (χ3n) is 3.17. The van der Waals surface area contributed by atoms with Crippen molar-refractivity contribution < 1.29 is 4.39 Å². The highest BCUT2D eigenvalue weighted by molar-refractivity contribution is 6.38. The van der Waals surface area contributed by atoms with Gasteiger partial charge in [-0.1, -0.05) is 23.2 Å². The summed E-state index contributed by atoms with van der Waals surface area (Å²) in [4.78, 5) is 4.28. The van der Waals surface area contributed by atoms with E-state index in [9.17, 15) is 4.39 Å². The molecule has 1 N–H and O–H groups in total. The lowest BCUT2D eigenvalue weighted by molar-refractivity contribution is 0.628. The SMILES string of the molecule is Fc1ccc(NCc2ccnc3cc(Cl)cc(Cl)c23)cc1. The minimum absolute atomic E-state index is 0.257. The first-order valence-corrected chi connectivity index (χ1v) is 7.11. The lowest BCUT2D eigenvalue weighted by atomic mass is 10.1. The smallest absolute Gasteiger partial charge is 0.123 e. The van der Waals surface area contributed by atoms with E-state index in [1.54, 1.807) is 30.5 Å². The Hall–Kier alpha value is -1.84. The summed E-state index contributed by atoms with van der Waals surface area (Å²) in [6, 6.07) is 11.6. The Kier molecular flexibility index (Phi) is 3.95. The number of nitrogens with one attached hydrogen (secondary N) is 1. The van der Waals surface area contributed by atoms with E-state index in [-0.39, 0.29) is 5.82 Å². The van der Waals surface area contributed by atoms with Gasteiger partial charge in [0.2, 0.25) is 0 Å². The van der Waals surface area contributed by atoms with E-state index in [2.05, 4.69) is 10.3 Å². The van der Waals surface area contributed by atoms with Gasteiger partial charge in [0.25, 0.3) is 0 Å². The number of benzene rings is 2. The van der Waals surface area contributed by atoms with Crippen LogP contribution in [0.1, 0.15) is 5.56 Å². The van der Waals surface area contributed by atoms with Gasteiger partial charge in [0.05, 0.1) is 10.5 Å². The molecule has 0 unspecified atom stereocenters. The molecule has 0 bridgehead atoms. The molecule has 3 rings (SSSR count). The van der Waals surface area contributed by atoms with Crippen LogP contribution in [0.3, 0.4) is 0 Å². The minimum atomic E-state index is -0.257. The first-order valence-electron chi connectivity index (χ1n) is 6.35. The molecule has 0 fully saturated rings. The number of fused-ring (bicyclic) bond motifs is 1. The highest BCUT2D eigenvalue weighted by Crippen LogP contribution is 2.29. The van der Waals surface area contributed by atoms with Gasteiger partial charge in [-0.25, -0.2) is 4.39 Å². The van der Waals surface area contributed by atoms with E-state index in [4.69, 9.17) is 23.2 Å². The second-order valence-electron chi connectivity index (χ2n) is 4.61. The summed E-state index contributed by atoms with van der Waals surface area (Å²) < 4.78 is 12.9. The molecule has 21 heavy (non-hydrogen) atoms. The van der Waals surface area contributed by atoms with Gasteiger partial charge < -0.3 is 5.32 Å². The Labute approximate surface area is 131 Å². The fraction of sp³-hybridized carbons (Fsp3) is 0.0625. The van der Waals surface area contributed by atoms with Crippen LogP contribution in [0.25, 0.3) is 10.9 Å². The van der Waals surface area contributed by atoms with Crippen LogP contribution in [-0.4, -0.2) is 4.98 Å². The molecule has 0 amide bonds. The molecule has 0 aliphatic rings. The highest BCUT2D eigenvalue weighted by Gasteiger charge is 2.08. The molecule has 0 radical (unpaired) electrons. The molecule has 2 aromatic carbocycles. The van der Waals surface area contributed by atoms with Gasteiger partial charge in [0, 0.05) is 28.8 Å². The van der Waals surface area contributed by atoms with Crippen LogP contribution in [0, 0.1) is 5.82 Å². The summed E-state index contributed by atoms with van der Waals surface area (Å²) in [5, 5.41) is 5.24. The van der Waals surface area contributed by atoms with Crippen molar-refractivity contribution in [2.24, 2.45) is 0 Å². The van der Waals surface area contributed by atoms with E-state index < -0.39 is 0 Å². The van der Waals surface area contributed by atoms with Crippen molar-refractivity contribution in [1.82, 2.24) is 4.98 Å². The Morgan fingerprint density at radius 3 is 2.57 bits per heavy atom. The quantitative estimate of drug-likeness (QED) is 0.709. The summed E-state index contributed by atoms with van der Waals surface area (Å²) in [6.45, 7) is 0.562. The zero-order chi connectivity index (χ0) is 14.8. The predicted molar refractivity (Wildman–Crippen MR) is 85.5 cm³/mol. The summed E-state index contributed by atoms with van der Waals surface area (Å²) >= 11 is 12.3. The molecule has 2 nitrogen and oxygen atoms in total. The molecular formula is C16H11Cl2FN2. The molecule has 0 aliphatic heterocycles. The topological polar surface area (TPSA) is 24.9 Å². The largest absolute Gasteiger partial charge is 0.381 e. The summed E-state index contributed by atoms with van der Waals surface area (Å²) in [5.41, 5.74) is 2.60. The maximum absolute atomic E-state index is 12.9. The van der Waals surface area contributed by atoms with Crippen LogP contribution < -0.4 is 5.32 Å². The monoisotopic (exact) mass is 320 g/mol. The maximum atomic E-state index is 12.9. The van der Waals surface area contributed by atoms with Gasteiger partial charge in [0.1, 0.15) is 5.82 Å². The van der Waals surface area contributed by atoms with Crippen molar-refractivity contribution >= 4 is 39.8 Å². The molecule has 0 atom stereocenters. The van der Waals surface area contributed by atoms with Crippen molar-refractivity contribution in [2.75, 3.05) is 5.32 Å². The zero-order valence-electron chi connectivity index (χ0n) is 10.9. The molecule has 1 heterocycles. The van der Waals surface area contributed by atoms with Gasteiger partial charge in [-0.2, -0.15) is 0 Å². The van der Waals surface area contributed by atoms with Gasteiger partial charge in [0.15, 0.2) is 0 Å². The van der Waals surface area contributed by atoms with Gasteiger partial charge in [-0.3, -0.25) is 4.98 Å². The van der Waals surface area contributed by atoms with Crippen molar-refractivity contribution in [3.63, 3.8) is 0 Å². The fourth-order valence-electron chi connectivity index (χ4n) is 2.18. The standard InChI is InChI=1S/C16H11Cl2FN2/c17-11-7-14(18)16-10(5-6-20-15(16)8-11)9-21-13-3-1-12(19)2-4-13/h1-8,21H,9H2. The summed E-state index contributed by atoms with van der Waals surface area (Å²) in [7, 11) is 0. The zero-order valence-corrected chi connectivity index (χ0v) is 12.4.